The van der Waals surface area contributed by atoms with E-state index in [4.69, 9.17) is 0 Å². The van der Waals surface area contributed by atoms with Crippen LogP contribution in [-0.4, -0.2) is 33.8 Å². The van der Waals surface area contributed by atoms with Crippen LogP contribution in [0.3, 0.4) is 0 Å². The van der Waals surface area contributed by atoms with E-state index in [1.54, 1.807) is 30.5 Å². The number of fused-ring (bicyclic) bond motifs is 1. The summed E-state index contributed by atoms with van der Waals surface area (Å²) in [6.45, 7) is 1.85. The number of aryl methyl sites for hydroxylation is 1. The summed E-state index contributed by atoms with van der Waals surface area (Å²) in [6.07, 6.45) is 1.54. The summed E-state index contributed by atoms with van der Waals surface area (Å²) in [5.74, 6) is -1.01. The van der Waals surface area contributed by atoms with E-state index in [1.165, 1.54) is 6.07 Å². The van der Waals surface area contributed by atoms with Crippen LogP contribution >= 0.6 is 11.7 Å². The minimum absolute atomic E-state index is 0.0103. The highest BCUT2D eigenvalue weighted by Crippen LogP contribution is 2.22. The van der Waals surface area contributed by atoms with Crippen molar-refractivity contribution in [1.29, 1.82) is 0 Å². The number of aromatic nitrogens is 3. The molecule has 3 rings (SSSR count). The van der Waals surface area contributed by atoms with Gasteiger partial charge in [-0.25, -0.2) is 13.4 Å². The Hall–Kier alpha value is -2.39. The van der Waals surface area contributed by atoms with Gasteiger partial charge in [0, 0.05) is 6.20 Å². The number of pyridine rings is 1. The van der Waals surface area contributed by atoms with Gasteiger partial charge in [-0.15, -0.1) is 0 Å². The average Bonchev–Trinajstić information content (AvgIpc) is 2.94. The highest BCUT2D eigenvalue weighted by atomic mass is 32.2. The first kappa shape index (κ1) is 15.5. The molecule has 0 aliphatic rings. The van der Waals surface area contributed by atoms with Gasteiger partial charge in [-0.05, 0) is 36.8 Å². The van der Waals surface area contributed by atoms with Crippen LogP contribution in [0.1, 0.15) is 5.56 Å². The van der Waals surface area contributed by atoms with Crippen LogP contribution in [0.4, 0.5) is 5.82 Å². The molecule has 0 spiro atoms. The minimum Gasteiger partial charge on any atom is -0.310 e. The zero-order valence-corrected chi connectivity index (χ0v) is 13.7. The molecule has 2 heterocycles. The Morgan fingerprint density at radius 3 is 2.87 bits per heavy atom. The molecule has 0 atom stereocenters. The lowest BCUT2D eigenvalue weighted by Crippen LogP contribution is -2.23. The van der Waals surface area contributed by atoms with Crippen molar-refractivity contribution in [2.45, 2.75) is 11.8 Å². The highest BCUT2D eigenvalue weighted by molar-refractivity contribution is 7.92. The van der Waals surface area contributed by atoms with Crippen molar-refractivity contribution in [2.75, 3.05) is 11.1 Å². The van der Waals surface area contributed by atoms with Crippen LogP contribution in [0, 0.1) is 6.92 Å². The first-order valence-corrected chi connectivity index (χ1v) is 9.00. The molecule has 23 heavy (non-hydrogen) atoms. The molecule has 1 amide bonds. The summed E-state index contributed by atoms with van der Waals surface area (Å²) >= 11 is 0.931. The van der Waals surface area contributed by atoms with E-state index in [0.717, 1.165) is 17.3 Å². The van der Waals surface area contributed by atoms with Crippen molar-refractivity contribution < 1.29 is 13.2 Å². The van der Waals surface area contributed by atoms with Gasteiger partial charge >= 0.3 is 0 Å². The summed E-state index contributed by atoms with van der Waals surface area (Å²) in [5, 5.41) is 2.49. The number of carbonyl (C=O) groups is 1. The standard InChI is InChI=1S/C14H12N4O3S2/c1-9-5-6-15-12(7-9)16-13(19)8-23(20,21)11-4-2-3-10-14(11)18-22-17-10/h2-7H,8H2,1H3,(H,15,16,19). The van der Waals surface area contributed by atoms with Crippen molar-refractivity contribution in [3.8, 4) is 0 Å². The van der Waals surface area contributed by atoms with Gasteiger partial charge in [-0.3, -0.25) is 4.79 Å². The van der Waals surface area contributed by atoms with Gasteiger partial charge in [0.05, 0.1) is 16.6 Å². The number of benzene rings is 1. The summed E-state index contributed by atoms with van der Waals surface area (Å²) in [5.41, 5.74) is 1.70. The lowest BCUT2D eigenvalue weighted by Gasteiger charge is -2.06. The predicted molar refractivity (Wildman–Crippen MR) is 87.1 cm³/mol. The second-order valence-corrected chi connectivity index (χ2v) is 7.40. The van der Waals surface area contributed by atoms with E-state index in [-0.39, 0.29) is 4.90 Å². The maximum atomic E-state index is 12.5. The molecule has 3 aromatic rings. The molecule has 0 radical (unpaired) electrons. The Morgan fingerprint density at radius 1 is 1.26 bits per heavy atom. The maximum absolute atomic E-state index is 12.5. The van der Waals surface area contributed by atoms with Crippen LogP contribution in [0.5, 0.6) is 0 Å². The summed E-state index contributed by atoms with van der Waals surface area (Å²) in [7, 11) is -3.82. The number of carbonyl (C=O) groups excluding carboxylic acids is 1. The summed E-state index contributed by atoms with van der Waals surface area (Å²) in [6, 6.07) is 8.13. The van der Waals surface area contributed by atoms with Gasteiger partial charge in [0.1, 0.15) is 22.6 Å². The fourth-order valence-corrected chi connectivity index (χ4v) is 3.98. The first-order valence-electron chi connectivity index (χ1n) is 6.62. The van der Waals surface area contributed by atoms with Gasteiger partial charge in [0.2, 0.25) is 5.91 Å². The highest BCUT2D eigenvalue weighted by Gasteiger charge is 2.23. The molecule has 0 unspecified atom stereocenters. The number of nitrogens with one attached hydrogen (secondary N) is 1. The molecule has 7 nitrogen and oxygen atoms in total. The second kappa shape index (κ2) is 6.01. The third-order valence-electron chi connectivity index (χ3n) is 3.09. The first-order chi connectivity index (χ1) is 11.0. The Labute approximate surface area is 136 Å². The lowest BCUT2D eigenvalue weighted by molar-refractivity contribution is -0.113. The number of hydrogen-bond acceptors (Lipinski definition) is 7. The van der Waals surface area contributed by atoms with Crippen molar-refractivity contribution in [1.82, 2.24) is 13.7 Å². The molecule has 118 valence electrons. The number of rotatable bonds is 4. The van der Waals surface area contributed by atoms with E-state index in [0.29, 0.717) is 16.9 Å². The van der Waals surface area contributed by atoms with Gasteiger partial charge in [-0.1, -0.05) is 6.07 Å². The minimum atomic E-state index is -3.82. The number of nitrogens with zero attached hydrogens (tertiary/aromatic N) is 3. The molecule has 0 aliphatic carbocycles. The molecule has 0 saturated heterocycles. The van der Waals surface area contributed by atoms with Crippen LogP contribution in [0.25, 0.3) is 11.0 Å². The molecular formula is C14H12N4O3S2. The Kier molecular flexibility index (Phi) is 4.05. The Morgan fingerprint density at radius 2 is 2.09 bits per heavy atom. The average molecular weight is 348 g/mol. The Balaban J connectivity index is 1.83. The maximum Gasteiger partial charge on any atom is 0.241 e. The molecule has 0 fully saturated rings. The number of anilines is 1. The monoisotopic (exact) mass is 348 g/mol. The number of hydrogen-bond donors (Lipinski definition) is 1. The largest absolute Gasteiger partial charge is 0.310 e. The van der Waals surface area contributed by atoms with Crippen molar-refractivity contribution in [3.05, 3.63) is 42.1 Å². The molecule has 2 aromatic heterocycles. The van der Waals surface area contributed by atoms with E-state index in [2.05, 4.69) is 19.0 Å². The second-order valence-electron chi connectivity index (χ2n) is 4.91. The number of amides is 1. The molecule has 0 saturated carbocycles. The SMILES string of the molecule is Cc1ccnc(NC(=O)CS(=O)(=O)c2cccc3nsnc23)c1. The van der Waals surface area contributed by atoms with Gasteiger partial charge in [-0.2, -0.15) is 8.75 Å². The zero-order chi connectivity index (χ0) is 16.4. The molecule has 0 bridgehead atoms. The van der Waals surface area contributed by atoms with E-state index < -0.39 is 21.5 Å². The normalized spacial score (nSPS) is 11.5. The van der Waals surface area contributed by atoms with Gasteiger partial charge < -0.3 is 5.32 Å². The van der Waals surface area contributed by atoms with E-state index in [9.17, 15) is 13.2 Å². The van der Waals surface area contributed by atoms with Gasteiger partial charge in [0.25, 0.3) is 0 Å². The van der Waals surface area contributed by atoms with Gasteiger partial charge in [0.15, 0.2) is 9.84 Å². The van der Waals surface area contributed by atoms with Crippen molar-refractivity contribution in [3.63, 3.8) is 0 Å². The van der Waals surface area contributed by atoms with Crippen molar-refractivity contribution in [2.24, 2.45) is 0 Å². The molecule has 0 aliphatic heterocycles. The fourth-order valence-electron chi connectivity index (χ4n) is 2.07. The molecule has 1 aromatic carbocycles. The number of sulfone groups is 1. The smallest absolute Gasteiger partial charge is 0.241 e. The topological polar surface area (TPSA) is 102 Å². The summed E-state index contributed by atoms with van der Waals surface area (Å²) in [4.78, 5) is 16.0. The quantitative estimate of drug-likeness (QED) is 0.771. The summed E-state index contributed by atoms with van der Waals surface area (Å²) < 4.78 is 32.9. The molecule has 1 N–H and O–H groups in total. The van der Waals surface area contributed by atoms with E-state index in [1.807, 2.05) is 6.92 Å². The van der Waals surface area contributed by atoms with Crippen LogP contribution in [0.15, 0.2) is 41.4 Å². The van der Waals surface area contributed by atoms with Crippen LogP contribution < -0.4 is 5.32 Å². The Bertz CT molecular complexity index is 982. The van der Waals surface area contributed by atoms with Crippen LogP contribution in [0.2, 0.25) is 0 Å². The van der Waals surface area contributed by atoms with Crippen molar-refractivity contribution >= 4 is 44.3 Å². The lowest BCUT2D eigenvalue weighted by atomic mass is 10.3. The molecular weight excluding hydrogens is 336 g/mol. The van der Waals surface area contributed by atoms with Crippen LogP contribution in [-0.2, 0) is 14.6 Å². The third-order valence-corrected chi connectivity index (χ3v) is 5.27. The van der Waals surface area contributed by atoms with E-state index >= 15 is 0 Å². The zero-order valence-electron chi connectivity index (χ0n) is 12.1. The predicted octanol–water partition coefficient (Wildman–Crippen LogP) is 1.81. The third kappa shape index (κ3) is 3.35. The molecule has 9 heteroatoms. The fraction of sp³-hybridized carbons (Fsp3) is 0.143.